The van der Waals surface area contributed by atoms with Gasteiger partial charge in [-0.25, -0.2) is 19.3 Å². The summed E-state index contributed by atoms with van der Waals surface area (Å²) >= 11 is 3.57. The summed E-state index contributed by atoms with van der Waals surface area (Å²) < 4.78 is 25.7. The molecular weight excluding hydrogens is 646 g/mol. The summed E-state index contributed by atoms with van der Waals surface area (Å²) in [6.07, 6.45) is -1.02. The number of ether oxygens (including phenoxy) is 4. The number of hydrogen-bond donors (Lipinski definition) is 0. The van der Waals surface area contributed by atoms with Crippen LogP contribution in [-0.2, 0) is 36.7 Å². The zero-order valence-corrected chi connectivity index (χ0v) is 28.7. The second-order valence-electron chi connectivity index (χ2n) is 13.1. The molecule has 0 bridgehead atoms. The van der Waals surface area contributed by atoms with Crippen LogP contribution in [0.1, 0.15) is 84.9 Å². The Morgan fingerprint density at radius 3 is 2.24 bits per heavy atom. The minimum atomic E-state index is -1.04. The minimum absolute atomic E-state index is 0.0685. The molecule has 0 aliphatic carbocycles. The van der Waals surface area contributed by atoms with E-state index in [0.717, 1.165) is 17.5 Å². The highest BCUT2D eigenvalue weighted by atomic mass is 79.9. The van der Waals surface area contributed by atoms with Crippen LogP contribution in [0.3, 0.4) is 0 Å². The first-order chi connectivity index (χ1) is 21.0. The molecule has 2 atom stereocenters. The third-order valence-electron chi connectivity index (χ3n) is 7.24. The molecule has 0 radical (unpaired) electrons. The first-order valence-electron chi connectivity index (χ1n) is 15.0. The van der Waals surface area contributed by atoms with Gasteiger partial charge in [-0.1, -0.05) is 41.4 Å². The zero-order valence-electron chi connectivity index (χ0n) is 27.1. The Kier molecular flexibility index (Phi) is 10.1. The number of aromatic nitrogens is 2. The van der Waals surface area contributed by atoms with Crippen molar-refractivity contribution in [1.82, 2.24) is 9.13 Å². The van der Waals surface area contributed by atoms with Gasteiger partial charge in [0.1, 0.15) is 11.2 Å². The normalized spacial score (nSPS) is 15.5. The molecule has 0 fully saturated rings. The van der Waals surface area contributed by atoms with Gasteiger partial charge in [0.2, 0.25) is 0 Å². The number of esters is 1. The maximum atomic E-state index is 14.1. The van der Waals surface area contributed by atoms with E-state index in [1.807, 2.05) is 37.3 Å². The van der Waals surface area contributed by atoms with Crippen molar-refractivity contribution in [2.75, 3.05) is 12.0 Å². The van der Waals surface area contributed by atoms with Crippen molar-refractivity contribution >= 4 is 50.9 Å². The highest BCUT2D eigenvalue weighted by molar-refractivity contribution is 9.10. The number of halogens is 1. The van der Waals surface area contributed by atoms with Crippen LogP contribution in [0.2, 0.25) is 0 Å². The van der Waals surface area contributed by atoms with Crippen molar-refractivity contribution < 1.29 is 33.3 Å². The molecule has 2 unspecified atom stereocenters. The van der Waals surface area contributed by atoms with Gasteiger partial charge in [-0.3, -0.25) is 13.9 Å². The van der Waals surface area contributed by atoms with Gasteiger partial charge in [-0.05, 0) is 83.4 Å². The lowest BCUT2D eigenvalue weighted by Gasteiger charge is -2.29. The van der Waals surface area contributed by atoms with Gasteiger partial charge >= 0.3 is 23.9 Å². The van der Waals surface area contributed by atoms with Gasteiger partial charge in [-0.2, -0.15) is 0 Å². The molecule has 11 nitrogen and oxygen atoms in total. The molecule has 0 N–H and O–H groups in total. The summed E-state index contributed by atoms with van der Waals surface area (Å²) in [5.41, 5.74) is 1.49. The highest BCUT2D eigenvalue weighted by Crippen LogP contribution is 2.39. The van der Waals surface area contributed by atoms with Crippen LogP contribution in [0, 0.1) is 0 Å². The largest absolute Gasteiger partial charge is 0.510 e. The minimum Gasteiger partial charge on any atom is -0.469 e. The molecule has 2 heterocycles. The molecule has 2 aromatic carbocycles. The summed E-state index contributed by atoms with van der Waals surface area (Å²) in [6.45, 7) is 12.6. The topological polar surface area (TPSA) is 118 Å². The Morgan fingerprint density at radius 2 is 1.64 bits per heavy atom. The van der Waals surface area contributed by atoms with Crippen molar-refractivity contribution in [3.8, 4) is 0 Å². The lowest BCUT2D eigenvalue weighted by molar-refractivity contribution is -0.141. The molecule has 3 aromatic rings. The summed E-state index contributed by atoms with van der Waals surface area (Å²) in [6, 6.07) is 10.7. The van der Waals surface area contributed by atoms with Crippen molar-refractivity contribution in [3.63, 3.8) is 0 Å². The Balaban J connectivity index is 1.81. The van der Waals surface area contributed by atoms with Crippen molar-refractivity contribution in [3.05, 3.63) is 62.5 Å². The van der Waals surface area contributed by atoms with Crippen LogP contribution in [0.5, 0.6) is 0 Å². The van der Waals surface area contributed by atoms with E-state index in [4.69, 9.17) is 18.9 Å². The quantitative estimate of drug-likeness (QED) is 0.182. The van der Waals surface area contributed by atoms with E-state index in [2.05, 4.69) is 15.9 Å². The fourth-order valence-electron chi connectivity index (χ4n) is 5.54. The number of amides is 1. The molecule has 0 spiro atoms. The summed E-state index contributed by atoms with van der Waals surface area (Å²) in [5.74, 6) is -0.389. The summed E-state index contributed by atoms with van der Waals surface area (Å²) in [5, 5.41) is 0. The number of carbonyl (C=O) groups excluding carboxylic acids is 3. The van der Waals surface area contributed by atoms with Crippen molar-refractivity contribution in [1.29, 1.82) is 0 Å². The average Bonchev–Trinajstić information content (AvgIpc) is 3.40. The maximum Gasteiger partial charge on any atom is 0.510 e. The Morgan fingerprint density at radius 1 is 1.00 bits per heavy atom. The third kappa shape index (κ3) is 7.89. The highest BCUT2D eigenvalue weighted by Gasteiger charge is 2.41. The molecule has 45 heavy (non-hydrogen) atoms. The van der Waals surface area contributed by atoms with E-state index in [-0.39, 0.29) is 37.1 Å². The number of methoxy groups -OCH3 is 1. The van der Waals surface area contributed by atoms with E-state index in [0.29, 0.717) is 27.6 Å². The SMILES string of the molecule is CCCC(CC(=O)OC)n1c(=O)n(Cc2cc(Br)cc3c2CC(OC(=O)OC(C)(C)C)N3C(=O)OC(C)(C)C)c2ccccc21. The molecule has 244 valence electrons. The van der Waals surface area contributed by atoms with Gasteiger partial charge in [0, 0.05) is 16.9 Å². The number of imidazole rings is 1. The van der Waals surface area contributed by atoms with Gasteiger partial charge in [-0.15, -0.1) is 0 Å². The van der Waals surface area contributed by atoms with Gasteiger partial charge in [0.05, 0.1) is 36.8 Å². The number of anilines is 1. The second kappa shape index (κ2) is 13.3. The molecule has 0 saturated heterocycles. The predicted octanol–water partition coefficient (Wildman–Crippen LogP) is 7.09. The van der Waals surface area contributed by atoms with Crippen LogP contribution in [0.15, 0.2) is 45.7 Å². The monoisotopic (exact) mass is 687 g/mol. The number of para-hydroxylation sites is 2. The third-order valence-corrected chi connectivity index (χ3v) is 7.69. The van der Waals surface area contributed by atoms with Crippen LogP contribution in [-0.4, -0.2) is 51.9 Å². The number of hydrogen-bond acceptors (Lipinski definition) is 8. The van der Waals surface area contributed by atoms with E-state index in [1.54, 1.807) is 56.7 Å². The smallest absolute Gasteiger partial charge is 0.469 e. The maximum absolute atomic E-state index is 14.1. The molecule has 12 heteroatoms. The molecule has 1 aliphatic rings. The summed E-state index contributed by atoms with van der Waals surface area (Å²) in [4.78, 5) is 54.0. The second-order valence-corrected chi connectivity index (χ2v) is 14.0. The van der Waals surface area contributed by atoms with Crippen LogP contribution < -0.4 is 10.6 Å². The summed E-state index contributed by atoms with van der Waals surface area (Å²) in [7, 11) is 1.34. The number of rotatable bonds is 8. The van der Waals surface area contributed by atoms with Crippen molar-refractivity contribution in [2.45, 2.75) is 104 Å². The van der Waals surface area contributed by atoms with Crippen LogP contribution >= 0.6 is 15.9 Å². The van der Waals surface area contributed by atoms with E-state index < -0.39 is 29.7 Å². The molecule has 0 saturated carbocycles. The molecular formula is C33H42BrN3O8. The van der Waals surface area contributed by atoms with Crippen LogP contribution in [0.25, 0.3) is 11.0 Å². The zero-order chi connectivity index (χ0) is 33.3. The fraction of sp³-hybridized carbons (Fsp3) is 0.515. The molecule has 1 aromatic heterocycles. The number of carbonyl (C=O) groups is 3. The fourth-order valence-corrected chi connectivity index (χ4v) is 6.03. The van der Waals surface area contributed by atoms with E-state index in [9.17, 15) is 19.2 Å². The van der Waals surface area contributed by atoms with Gasteiger partial charge in [0.25, 0.3) is 0 Å². The van der Waals surface area contributed by atoms with Crippen LogP contribution in [0.4, 0.5) is 15.3 Å². The average molecular weight is 689 g/mol. The predicted molar refractivity (Wildman–Crippen MR) is 174 cm³/mol. The van der Waals surface area contributed by atoms with E-state index in [1.165, 1.54) is 12.0 Å². The van der Waals surface area contributed by atoms with Crippen molar-refractivity contribution in [2.24, 2.45) is 0 Å². The number of nitrogens with zero attached hydrogens (tertiary/aromatic N) is 3. The molecule has 4 rings (SSSR count). The number of fused-ring (bicyclic) bond motifs is 2. The first-order valence-corrected chi connectivity index (χ1v) is 15.8. The van der Waals surface area contributed by atoms with E-state index >= 15 is 0 Å². The molecule has 1 amide bonds. The lowest BCUT2D eigenvalue weighted by Crippen LogP contribution is -2.44. The van der Waals surface area contributed by atoms with Gasteiger partial charge < -0.3 is 18.9 Å². The Labute approximate surface area is 271 Å². The van der Waals surface area contributed by atoms with Gasteiger partial charge in [0.15, 0.2) is 6.23 Å². The number of benzene rings is 2. The first kappa shape index (κ1) is 34.1. The lowest BCUT2D eigenvalue weighted by atomic mass is 10.0. The Bertz CT molecular complexity index is 1650. The molecule has 1 aliphatic heterocycles. The standard InChI is InChI=1S/C33H42BrN3O8/c1-9-12-22(17-28(38)42-8)36-25-14-11-10-13-24(25)35(29(36)39)19-20-15-21(34)16-26-23(20)18-27(43-31(41)45-33(5,6)7)37(26)30(40)44-32(2,3)4/h10-11,13-16,22,27H,9,12,17-19H2,1-8H3. The Hall–Kier alpha value is -3.80.